The summed E-state index contributed by atoms with van der Waals surface area (Å²) >= 11 is 0. The lowest BCUT2D eigenvalue weighted by Gasteiger charge is -2.32. The summed E-state index contributed by atoms with van der Waals surface area (Å²) in [5, 5.41) is 3.16. The van der Waals surface area contributed by atoms with Crippen LogP contribution in [0.4, 0.5) is 0 Å². The van der Waals surface area contributed by atoms with Crippen LogP contribution in [0.2, 0.25) is 0 Å². The minimum atomic E-state index is -0.857. The molecule has 1 atom stereocenters. The fourth-order valence-electron chi connectivity index (χ4n) is 4.22. The first kappa shape index (κ1) is 24.6. The first-order chi connectivity index (χ1) is 16.1. The van der Waals surface area contributed by atoms with Crippen LogP contribution in [-0.4, -0.2) is 56.7 Å². The van der Waals surface area contributed by atoms with Gasteiger partial charge in [-0.15, -0.1) is 0 Å². The van der Waals surface area contributed by atoms with Crippen molar-refractivity contribution in [2.24, 2.45) is 0 Å². The van der Waals surface area contributed by atoms with Gasteiger partial charge in [0, 0.05) is 25.8 Å². The van der Waals surface area contributed by atoms with Crippen molar-refractivity contribution in [3.8, 4) is 11.5 Å². The summed E-state index contributed by atoms with van der Waals surface area (Å²) in [6.45, 7) is 3.33. The Kier molecular flexibility index (Phi) is 9.18. The fraction of sp³-hybridized carbons (Fsp3) is 0.520. The predicted molar refractivity (Wildman–Crippen MR) is 124 cm³/mol. The summed E-state index contributed by atoms with van der Waals surface area (Å²) in [7, 11) is 3.10. The molecule has 1 N–H and O–H groups in total. The third-order valence-electron chi connectivity index (χ3n) is 5.87. The Morgan fingerprint density at radius 2 is 1.91 bits per heavy atom. The minimum absolute atomic E-state index is 0.115. The number of nitrogens with zero attached hydrogens (tertiary/aromatic N) is 1. The highest BCUT2D eigenvalue weighted by Gasteiger charge is 2.35. The number of methoxy groups -OCH3 is 2. The van der Waals surface area contributed by atoms with E-state index in [1.54, 1.807) is 49.5 Å². The van der Waals surface area contributed by atoms with Gasteiger partial charge in [0.05, 0.1) is 20.5 Å². The highest BCUT2D eigenvalue weighted by Crippen LogP contribution is 2.33. The van der Waals surface area contributed by atoms with E-state index < -0.39 is 6.04 Å². The molecule has 0 bridgehead atoms. The summed E-state index contributed by atoms with van der Waals surface area (Å²) in [6, 6.07) is 7.83. The number of nitrogens with one attached hydrogen (secondary N) is 1. The van der Waals surface area contributed by atoms with Crippen molar-refractivity contribution >= 4 is 11.8 Å². The molecule has 33 heavy (non-hydrogen) atoms. The number of amides is 2. The van der Waals surface area contributed by atoms with Crippen molar-refractivity contribution in [2.75, 3.05) is 34.0 Å². The molecular weight excluding hydrogens is 424 g/mol. The lowest BCUT2D eigenvalue weighted by molar-refractivity contribution is -0.126. The molecule has 1 aromatic heterocycles. The Morgan fingerprint density at radius 3 is 2.55 bits per heavy atom. The maximum Gasteiger partial charge on any atom is 0.290 e. The van der Waals surface area contributed by atoms with Crippen LogP contribution in [0.25, 0.3) is 0 Å². The normalized spacial score (nSPS) is 14.6. The van der Waals surface area contributed by atoms with Gasteiger partial charge in [0.25, 0.3) is 5.91 Å². The van der Waals surface area contributed by atoms with Gasteiger partial charge >= 0.3 is 0 Å². The molecule has 8 heteroatoms. The van der Waals surface area contributed by atoms with Crippen molar-refractivity contribution in [1.82, 2.24) is 10.2 Å². The maximum atomic E-state index is 13.6. The van der Waals surface area contributed by atoms with Crippen molar-refractivity contribution in [3.63, 3.8) is 0 Å². The molecule has 1 aliphatic carbocycles. The van der Waals surface area contributed by atoms with Crippen molar-refractivity contribution in [3.05, 3.63) is 47.9 Å². The standard InChI is InChI=1S/C25H34N2O6/c1-4-32-15-8-14-27(25(29)21-11-7-16-33-21)23(24(28)26-19-9-5-6-10-19)18-12-13-20(30-2)22(17-18)31-3/h7,11-13,16-17,19,23H,4-6,8-10,14-15H2,1-3H3,(H,26,28). The molecule has 2 amide bonds. The molecule has 3 rings (SSSR count). The second kappa shape index (κ2) is 12.3. The zero-order chi connectivity index (χ0) is 23.6. The lowest BCUT2D eigenvalue weighted by Crippen LogP contribution is -2.46. The number of rotatable bonds is 12. The average molecular weight is 459 g/mol. The molecule has 1 heterocycles. The Morgan fingerprint density at radius 1 is 1.15 bits per heavy atom. The Hall–Kier alpha value is -3.00. The third kappa shape index (κ3) is 6.28. The van der Waals surface area contributed by atoms with E-state index in [0.29, 0.717) is 43.2 Å². The molecule has 0 saturated heterocycles. The van der Waals surface area contributed by atoms with E-state index in [1.165, 1.54) is 6.26 Å². The van der Waals surface area contributed by atoms with Gasteiger partial charge in [-0.05, 0) is 56.0 Å². The SMILES string of the molecule is CCOCCCN(C(=O)c1ccco1)C(C(=O)NC1CCCC1)c1ccc(OC)c(OC)c1. The molecule has 1 saturated carbocycles. The van der Waals surface area contributed by atoms with Crippen LogP contribution in [0.5, 0.6) is 11.5 Å². The van der Waals surface area contributed by atoms with E-state index in [4.69, 9.17) is 18.6 Å². The van der Waals surface area contributed by atoms with Gasteiger partial charge < -0.3 is 28.8 Å². The quantitative estimate of drug-likeness (QED) is 0.484. The number of ether oxygens (including phenoxy) is 3. The zero-order valence-electron chi connectivity index (χ0n) is 19.7. The molecule has 8 nitrogen and oxygen atoms in total. The average Bonchev–Trinajstić information content (AvgIpc) is 3.55. The maximum absolute atomic E-state index is 13.6. The Balaban J connectivity index is 1.98. The van der Waals surface area contributed by atoms with Crippen LogP contribution in [0, 0.1) is 0 Å². The Labute approximate surface area is 195 Å². The summed E-state index contributed by atoms with van der Waals surface area (Å²) in [6.07, 6.45) is 6.11. The number of carbonyl (C=O) groups is 2. The van der Waals surface area contributed by atoms with E-state index in [-0.39, 0.29) is 23.6 Å². The second-order valence-corrected chi connectivity index (χ2v) is 8.03. The third-order valence-corrected chi connectivity index (χ3v) is 5.87. The number of carbonyl (C=O) groups excluding carboxylic acids is 2. The van der Waals surface area contributed by atoms with Crippen LogP contribution in [0.1, 0.15) is 61.2 Å². The topological polar surface area (TPSA) is 90.2 Å². The van der Waals surface area contributed by atoms with E-state index in [1.807, 2.05) is 6.92 Å². The van der Waals surface area contributed by atoms with Gasteiger partial charge in [0.1, 0.15) is 6.04 Å². The van der Waals surface area contributed by atoms with Gasteiger partial charge in [0.2, 0.25) is 5.91 Å². The highest BCUT2D eigenvalue weighted by molar-refractivity contribution is 5.96. The summed E-state index contributed by atoms with van der Waals surface area (Å²) < 4.78 is 21.7. The molecule has 1 unspecified atom stereocenters. The molecule has 180 valence electrons. The van der Waals surface area contributed by atoms with E-state index in [0.717, 1.165) is 25.7 Å². The van der Waals surface area contributed by atoms with E-state index >= 15 is 0 Å². The largest absolute Gasteiger partial charge is 0.493 e. The first-order valence-corrected chi connectivity index (χ1v) is 11.5. The highest BCUT2D eigenvalue weighted by atomic mass is 16.5. The van der Waals surface area contributed by atoms with E-state index in [9.17, 15) is 9.59 Å². The van der Waals surface area contributed by atoms with Crippen LogP contribution in [0.15, 0.2) is 41.0 Å². The smallest absolute Gasteiger partial charge is 0.290 e. The number of furan rings is 1. The summed E-state index contributed by atoms with van der Waals surface area (Å²) in [5.74, 6) is 0.665. The molecule has 0 radical (unpaired) electrons. The molecule has 0 spiro atoms. The minimum Gasteiger partial charge on any atom is -0.493 e. The van der Waals surface area contributed by atoms with Gasteiger partial charge in [-0.2, -0.15) is 0 Å². The van der Waals surface area contributed by atoms with Crippen molar-refractivity contribution in [1.29, 1.82) is 0 Å². The van der Waals surface area contributed by atoms with Gasteiger partial charge in [-0.1, -0.05) is 18.9 Å². The summed E-state index contributed by atoms with van der Waals surface area (Å²) in [5.41, 5.74) is 0.638. The van der Waals surface area contributed by atoms with Crippen molar-refractivity contribution < 1.29 is 28.2 Å². The monoisotopic (exact) mass is 458 g/mol. The molecular formula is C25H34N2O6. The van der Waals surface area contributed by atoms with E-state index in [2.05, 4.69) is 5.32 Å². The fourth-order valence-corrected chi connectivity index (χ4v) is 4.22. The molecule has 0 aliphatic heterocycles. The second-order valence-electron chi connectivity index (χ2n) is 8.03. The Bertz CT molecular complexity index is 892. The van der Waals surface area contributed by atoms with Gasteiger partial charge in [-0.25, -0.2) is 0 Å². The lowest BCUT2D eigenvalue weighted by atomic mass is 10.0. The number of hydrogen-bond donors (Lipinski definition) is 1. The summed E-state index contributed by atoms with van der Waals surface area (Å²) in [4.78, 5) is 28.6. The van der Waals surface area contributed by atoms with Gasteiger partial charge in [0.15, 0.2) is 17.3 Å². The number of hydrogen-bond acceptors (Lipinski definition) is 6. The molecule has 1 aromatic carbocycles. The molecule has 1 fully saturated rings. The van der Waals surface area contributed by atoms with Crippen LogP contribution >= 0.6 is 0 Å². The first-order valence-electron chi connectivity index (χ1n) is 11.5. The van der Waals surface area contributed by atoms with Crippen LogP contribution < -0.4 is 14.8 Å². The van der Waals surface area contributed by atoms with Crippen LogP contribution in [0.3, 0.4) is 0 Å². The zero-order valence-corrected chi connectivity index (χ0v) is 19.7. The molecule has 1 aliphatic rings. The molecule has 2 aromatic rings. The van der Waals surface area contributed by atoms with Crippen molar-refractivity contribution in [2.45, 2.75) is 51.1 Å². The predicted octanol–water partition coefficient (Wildman–Crippen LogP) is 3.97. The number of benzene rings is 1. The van der Waals surface area contributed by atoms with Gasteiger partial charge in [-0.3, -0.25) is 9.59 Å². The van der Waals surface area contributed by atoms with Crippen LogP contribution in [-0.2, 0) is 9.53 Å².